The van der Waals surface area contributed by atoms with Crippen LogP contribution < -0.4 is 5.73 Å². The fraction of sp³-hybridized carbons (Fsp3) is 0.0714. The second kappa shape index (κ2) is 4.54. The van der Waals surface area contributed by atoms with E-state index in [4.69, 9.17) is 17.3 Å². The molecule has 0 saturated heterocycles. The Morgan fingerprint density at radius 1 is 1.26 bits per heavy atom. The molecule has 0 aliphatic rings. The number of hydrogen-bond acceptors (Lipinski definition) is 2. The van der Waals surface area contributed by atoms with E-state index in [0.29, 0.717) is 11.0 Å². The molecule has 96 valence electrons. The van der Waals surface area contributed by atoms with Crippen LogP contribution >= 0.6 is 27.5 Å². The molecule has 1 aromatic heterocycles. The van der Waals surface area contributed by atoms with E-state index in [9.17, 15) is 0 Å². The van der Waals surface area contributed by atoms with E-state index in [0.717, 1.165) is 26.8 Å². The minimum Gasteiger partial charge on any atom is -0.369 e. The summed E-state index contributed by atoms with van der Waals surface area (Å²) in [4.78, 5) is 4.35. The smallest absolute Gasteiger partial charge is 0.205 e. The molecule has 2 aromatic carbocycles. The summed E-state index contributed by atoms with van der Waals surface area (Å²) in [5.74, 6) is 0.438. The first kappa shape index (κ1) is 12.5. The molecule has 0 unspecified atom stereocenters. The summed E-state index contributed by atoms with van der Waals surface area (Å²) in [5, 5.41) is 0.609. The highest BCUT2D eigenvalue weighted by molar-refractivity contribution is 9.10. The predicted molar refractivity (Wildman–Crippen MR) is 82.9 cm³/mol. The van der Waals surface area contributed by atoms with E-state index >= 15 is 0 Å². The first-order chi connectivity index (χ1) is 9.08. The molecule has 0 amide bonds. The highest BCUT2D eigenvalue weighted by atomic mass is 79.9. The highest BCUT2D eigenvalue weighted by Gasteiger charge is 2.13. The van der Waals surface area contributed by atoms with Gasteiger partial charge in [-0.15, -0.1) is 0 Å². The molecule has 0 bridgehead atoms. The average molecular weight is 337 g/mol. The van der Waals surface area contributed by atoms with Crippen molar-refractivity contribution in [2.24, 2.45) is 0 Å². The van der Waals surface area contributed by atoms with Crippen LogP contribution in [0.5, 0.6) is 0 Å². The Balaban J connectivity index is 2.36. The Bertz CT molecular complexity index is 780. The summed E-state index contributed by atoms with van der Waals surface area (Å²) in [6.45, 7) is 2.04. The molecule has 0 atom stereocenters. The van der Waals surface area contributed by atoms with Crippen LogP contribution in [0.2, 0.25) is 5.02 Å². The van der Waals surface area contributed by atoms with Gasteiger partial charge in [-0.2, -0.15) is 0 Å². The van der Waals surface area contributed by atoms with Gasteiger partial charge >= 0.3 is 0 Å². The summed E-state index contributed by atoms with van der Waals surface area (Å²) < 4.78 is 2.96. The zero-order valence-corrected chi connectivity index (χ0v) is 12.5. The number of anilines is 1. The van der Waals surface area contributed by atoms with E-state index in [2.05, 4.69) is 20.9 Å². The van der Waals surface area contributed by atoms with Crippen LogP contribution in [0.25, 0.3) is 16.7 Å². The van der Waals surface area contributed by atoms with Gasteiger partial charge in [-0.05, 0) is 42.8 Å². The van der Waals surface area contributed by atoms with Crippen LogP contribution in [0.4, 0.5) is 5.95 Å². The maximum Gasteiger partial charge on any atom is 0.205 e. The van der Waals surface area contributed by atoms with Crippen molar-refractivity contribution in [3.05, 3.63) is 51.5 Å². The summed E-state index contributed by atoms with van der Waals surface area (Å²) in [6.07, 6.45) is 0. The Labute approximate surface area is 124 Å². The first-order valence-corrected chi connectivity index (χ1v) is 6.94. The molecule has 19 heavy (non-hydrogen) atoms. The number of aromatic nitrogens is 2. The van der Waals surface area contributed by atoms with Crippen LogP contribution in [0.3, 0.4) is 0 Å². The molecule has 0 saturated carbocycles. The number of rotatable bonds is 1. The molecule has 0 radical (unpaired) electrons. The maximum absolute atomic E-state index is 6.16. The van der Waals surface area contributed by atoms with Crippen molar-refractivity contribution in [1.29, 1.82) is 0 Å². The quantitative estimate of drug-likeness (QED) is 0.718. The number of benzene rings is 2. The third kappa shape index (κ3) is 2.01. The van der Waals surface area contributed by atoms with Crippen molar-refractivity contribution < 1.29 is 0 Å². The normalized spacial score (nSPS) is 11.1. The minimum absolute atomic E-state index is 0.438. The summed E-state index contributed by atoms with van der Waals surface area (Å²) >= 11 is 9.62. The second-order valence-electron chi connectivity index (χ2n) is 4.34. The summed E-state index contributed by atoms with van der Waals surface area (Å²) in [5.41, 5.74) is 9.80. The Hall–Kier alpha value is -1.52. The SMILES string of the molecule is Cc1cc(Br)ccc1-n1c(N)nc2c(Cl)cccc21. The van der Waals surface area contributed by atoms with Gasteiger partial charge in [0.15, 0.2) is 0 Å². The van der Waals surface area contributed by atoms with E-state index in [1.54, 1.807) is 0 Å². The van der Waals surface area contributed by atoms with Crippen molar-refractivity contribution in [3.63, 3.8) is 0 Å². The van der Waals surface area contributed by atoms with Crippen LogP contribution in [0, 0.1) is 6.92 Å². The van der Waals surface area contributed by atoms with Crippen LogP contribution in [-0.2, 0) is 0 Å². The van der Waals surface area contributed by atoms with Gasteiger partial charge in [-0.25, -0.2) is 4.98 Å². The third-order valence-electron chi connectivity index (χ3n) is 3.06. The van der Waals surface area contributed by atoms with Crippen molar-refractivity contribution >= 4 is 44.5 Å². The van der Waals surface area contributed by atoms with Crippen LogP contribution in [0.1, 0.15) is 5.56 Å². The van der Waals surface area contributed by atoms with Crippen molar-refractivity contribution in [2.45, 2.75) is 6.92 Å². The number of fused-ring (bicyclic) bond motifs is 1. The lowest BCUT2D eigenvalue weighted by atomic mass is 10.2. The molecule has 3 aromatic rings. The maximum atomic E-state index is 6.16. The zero-order chi connectivity index (χ0) is 13.6. The van der Waals surface area contributed by atoms with Crippen molar-refractivity contribution in [3.8, 4) is 5.69 Å². The number of para-hydroxylation sites is 1. The first-order valence-electron chi connectivity index (χ1n) is 5.77. The number of nitrogen functional groups attached to an aromatic ring is 1. The van der Waals surface area contributed by atoms with Crippen molar-refractivity contribution in [1.82, 2.24) is 9.55 Å². The standard InChI is InChI=1S/C14H11BrClN3/c1-8-7-9(15)5-6-11(8)19-12-4-2-3-10(16)13(12)18-14(19)17/h2-7H,1H3,(H2,17,18). The molecule has 1 heterocycles. The molecule has 0 spiro atoms. The summed E-state index contributed by atoms with van der Waals surface area (Å²) in [6, 6.07) is 11.7. The van der Waals surface area contributed by atoms with E-state index in [1.165, 1.54) is 0 Å². The van der Waals surface area contributed by atoms with Crippen LogP contribution in [0.15, 0.2) is 40.9 Å². The number of imidazole rings is 1. The van der Waals surface area contributed by atoms with E-state index < -0.39 is 0 Å². The predicted octanol–water partition coefficient (Wildman–Crippen LogP) is 4.33. The lowest BCUT2D eigenvalue weighted by molar-refractivity contribution is 1.09. The zero-order valence-electron chi connectivity index (χ0n) is 10.2. The number of halogens is 2. The molecular weight excluding hydrogens is 326 g/mol. The Kier molecular flexibility index (Phi) is 2.99. The van der Waals surface area contributed by atoms with Gasteiger partial charge in [0.2, 0.25) is 5.95 Å². The van der Waals surface area contributed by atoms with E-state index in [-0.39, 0.29) is 0 Å². The van der Waals surface area contributed by atoms with Crippen molar-refractivity contribution in [2.75, 3.05) is 5.73 Å². The summed E-state index contributed by atoms with van der Waals surface area (Å²) in [7, 11) is 0. The molecule has 0 aliphatic heterocycles. The van der Waals surface area contributed by atoms with Gasteiger partial charge in [0.05, 0.1) is 16.2 Å². The molecule has 5 heteroatoms. The van der Waals surface area contributed by atoms with Gasteiger partial charge in [0.25, 0.3) is 0 Å². The Morgan fingerprint density at radius 2 is 2.05 bits per heavy atom. The molecule has 0 fully saturated rings. The van der Waals surface area contributed by atoms with E-state index in [1.807, 2.05) is 47.9 Å². The Morgan fingerprint density at radius 3 is 2.79 bits per heavy atom. The monoisotopic (exact) mass is 335 g/mol. The largest absolute Gasteiger partial charge is 0.369 e. The average Bonchev–Trinajstić information content (AvgIpc) is 2.68. The second-order valence-corrected chi connectivity index (χ2v) is 5.67. The van der Waals surface area contributed by atoms with Crippen LogP contribution in [-0.4, -0.2) is 9.55 Å². The minimum atomic E-state index is 0.438. The lowest BCUT2D eigenvalue weighted by Gasteiger charge is -2.10. The van der Waals surface area contributed by atoms with Gasteiger partial charge in [-0.3, -0.25) is 4.57 Å². The third-order valence-corrected chi connectivity index (χ3v) is 3.86. The number of hydrogen-bond donors (Lipinski definition) is 1. The fourth-order valence-corrected chi connectivity index (χ4v) is 2.89. The highest BCUT2D eigenvalue weighted by Crippen LogP contribution is 2.30. The number of nitrogens with two attached hydrogens (primary N) is 1. The molecule has 3 nitrogen and oxygen atoms in total. The lowest BCUT2D eigenvalue weighted by Crippen LogP contribution is -2.02. The number of aryl methyl sites for hydroxylation is 1. The molecule has 2 N–H and O–H groups in total. The number of nitrogens with zero attached hydrogens (tertiary/aromatic N) is 2. The molecule has 0 aliphatic carbocycles. The van der Waals surface area contributed by atoms with Gasteiger partial charge in [0, 0.05) is 4.47 Å². The fourth-order valence-electron chi connectivity index (χ4n) is 2.21. The topological polar surface area (TPSA) is 43.8 Å². The molecule has 3 rings (SSSR count). The molecular formula is C14H11BrClN3. The van der Waals surface area contributed by atoms with Gasteiger partial charge < -0.3 is 5.73 Å². The van der Waals surface area contributed by atoms with Gasteiger partial charge in [0.1, 0.15) is 5.52 Å². The van der Waals surface area contributed by atoms with Gasteiger partial charge in [-0.1, -0.05) is 33.6 Å².